The van der Waals surface area contributed by atoms with Gasteiger partial charge in [0.2, 0.25) is 0 Å². The number of nitrogens with one attached hydrogen (secondary N) is 2. The Morgan fingerprint density at radius 1 is 1.21 bits per heavy atom. The van der Waals surface area contributed by atoms with Crippen molar-refractivity contribution in [3.8, 4) is 5.75 Å². The number of aliphatic imine (C=N–C) groups is 1. The molecule has 0 saturated heterocycles. The van der Waals surface area contributed by atoms with Gasteiger partial charge in [0.1, 0.15) is 11.5 Å². The number of aromatic hydroxyl groups is 1. The number of aliphatic hydroxyl groups is 1. The van der Waals surface area contributed by atoms with Crippen LogP contribution in [0.3, 0.4) is 0 Å². The molecule has 10 heteroatoms. The summed E-state index contributed by atoms with van der Waals surface area (Å²) in [6.07, 6.45) is -4.82. The van der Waals surface area contributed by atoms with Crippen LogP contribution in [0.2, 0.25) is 0 Å². The van der Waals surface area contributed by atoms with Gasteiger partial charge in [-0.3, -0.25) is 5.41 Å². The number of hydrogen-bond acceptors (Lipinski definition) is 6. The normalized spacial score (nSPS) is 15.8. The van der Waals surface area contributed by atoms with Gasteiger partial charge in [-0.15, -0.1) is 0 Å². The maximum Gasteiger partial charge on any atom is 0.437 e. The van der Waals surface area contributed by atoms with Crippen LogP contribution in [0.5, 0.6) is 5.75 Å². The van der Waals surface area contributed by atoms with E-state index in [4.69, 9.17) is 10.5 Å². The molecule has 0 saturated carbocycles. The van der Waals surface area contributed by atoms with E-state index in [-0.39, 0.29) is 30.3 Å². The lowest BCUT2D eigenvalue weighted by Crippen LogP contribution is -2.33. The highest BCUT2D eigenvalue weighted by atomic mass is 19.4. The van der Waals surface area contributed by atoms with Crippen molar-refractivity contribution in [1.82, 2.24) is 0 Å². The van der Waals surface area contributed by atoms with Crippen molar-refractivity contribution in [3.63, 3.8) is 0 Å². The highest BCUT2D eigenvalue weighted by Crippen LogP contribution is 2.34. The van der Waals surface area contributed by atoms with Crippen LogP contribution in [0.1, 0.15) is 5.56 Å². The molecule has 0 unspecified atom stereocenters. The van der Waals surface area contributed by atoms with Crippen LogP contribution >= 0.6 is 0 Å². The molecule has 0 aliphatic carbocycles. The zero-order valence-electron chi connectivity index (χ0n) is 15.3. The van der Waals surface area contributed by atoms with Gasteiger partial charge in [0, 0.05) is 12.6 Å². The van der Waals surface area contributed by atoms with E-state index in [0.717, 1.165) is 5.01 Å². The van der Waals surface area contributed by atoms with Crippen LogP contribution in [-0.2, 0) is 0 Å². The van der Waals surface area contributed by atoms with Gasteiger partial charge in [0.05, 0.1) is 23.7 Å². The summed E-state index contributed by atoms with van der Waals surface area (Å²) in [5, 5.41) is 34.4. The highest BCUT2D eigenvalue weighted by molar-refractivity contribution is 6.73. The van der Waals surface area contributed by atoms with Crippen LogP contribution in [0.15, 0.2) is 52.6 Å². The van der Waals surface area contributed by atoms with Crippen molar-refractivity contribution >= 4 is 34.3 Å². The van der Waals surface area contributed by atoms with Gasteiger partial charge >= 0.3 is 6.18 Å². The Bertz CT molecular complexity index is 987. The number of amidine groups is 1. The SMILES string of the molecule is Cc1cc(N=C2C(=N)N(c3ccccc3)N=C2C(F)(F)F)c(NCCO)cc1O. The summed E-state index contributed by atoms with van der Waals surface area (Å²) in [6.45, 7) is 1.45. The average Bonchev–Trinajstić information content (AvgIpc) is 3.01. The minimum Gasteiger partial charge on any atom is -0.508 e. The Hall–Kier alpha value is -3.40. The molecule has 1 aliphatic rings. The van der Waals surface area contributed by atoms with Gasteiger partial charge in [-0.25, -0.2) is 10.0 Å². The quantitative estimate of drug-likeness (QED) is 0.610. The molecular formula is C19H18F3N5O2. The molecule has 1 aliphatic heterocycles. The summed E-state index contributed by atoms with van der Waals surface area (Å²) in [4.78, 5) is 4.06. The predicted octanol–water partition coefficient (Wildman–Crippen LogP) is 3.59. The average molecular weight is 405 g/mol. The fourth-order valence-corrected chi connectivity index (χ4v) is 2.69. The molecule has 0 fully saturated rings. The largest absolute Gasteiger partial charge is 0.508 e. The third-order valence-electron chi connectivity index (χ3n) is 4.10. The van der Waals surface area contributed by atoms with Gasteiger partial charge in [0.15, 0.2) is 11.5 Å². The molecule has 2 aromatic carbocycles. The smallest absolute Gasteiger partial charge is 0.437 e. The van der Waals surface area contributed by atoms with E-state index < -0.39 is 23.4 Å². The molecule has 0 aromatic heterocycles. The maximum absolute atomic E-state index is 13.6. The highest BCUT2D eigenvalue weighted by Gasteiger charge is 2.46. The van der Waals surface area contributed by atoms with Crippen LogP contribution < -0.4 is 10.3 Å². The van der Waals surface area contributed by atoms with Crippen LogP contribution in [-0.4, -0.2) is 46.8 Å². The van der Waals surface area contributed by atoms with Gasteiger partial charge < -0.3 is 15.5 Å². The first-order chi connectivity index (χ1) is 13.7. The molecule has 0 amide bonds. The molecule has 152 valence electrons. The molecule has 1 heterocycles. The Balaban J connectivity index is 2.11. The van der Waals surface area contributed by atoms with Crippen LogP contribution in [0.4, 0.5) is 30.2 Å². The molecule has 3 rings (SSSR count). The minimum atomic E-state index is -4.82. The number of phenolic OH excluding ortho intramolecular Hbond substituents is 1. The number of phenols is 1. The second kappa shape index (κ2) is 7.92. The lowest BCUT2D eigenvalue weighted by molar-refractivity contribution is -0.0565. The second-order valence-corrected chi connectivity index (χ2v) is 6.21. The number of rotatable bonds is 5. The number of aryl methyl sites for hydroxylation is 1. The van der Waals surface area contributed by atoms with E-state index in [2.05, 4.69) is 15.4 Å². The Labute approximate surface area is 164 Å². The Morgan fingerprint density at radius 2 is 1.90 bits per heavy atom. The van der Waals surface area contributed by atoms with E-state index in [0.29, 0.717) is 11.3 Å². The molecule has 29 heavy (non-hydrogen) atoms. The van der Waals surface area contributed by atoms with Gasteiger partial charge in [0.25, 0.3) is 0 Å². The van der Waals surface area contributed by atoms with Crippen molar-refractivity contribution in [1.29, 1.82) is 5.41 Å². The zero-order valence-corrected chi connectivity index (χ0v) is 15.3. The fourth-order valence-electron chi connectivity index (χ4n) is 2.69. The fraction of sp³-hybridized carbons (Fsp3) is 0.211. The molecule has 0 bridgehead atoms. The first kappa shape index (κ1) is 20.3. The number of benzene rings is 2. The number of aliphatic hydroxyl groups excluding tert-OH is 1. The molecular weight excluding hydrogens is 387 g/mol. The van der Waals surface area contributed by atoms with E-state index in [1.807, 2.05) is 0 Å². The summed E-state index contributed by atoms with van der Waals surface area (Å²) in [7, 11) is 0. The number of para-hydroxylation sites is 1. The summed E-state index contributed by atoms with van der Waals surface area (Å²) in [5.41, 5.74) is -0.926. The molecule has 0 atom stereocenters. The second-order valence-electron chi connectivity index (χ2n) is 6.21. The molecule has 0 spiro atoms. The summed E-state index contributed by atoms with van der Waals surface area (Å²) >= 11 is 0. The van der Waals surface area contributed by atoms with Gasteiger partial charge in [-0.05, 0) is 30.7 Å². The molecule has 2 aromatic rings. The summed E-state index contributed by atoms with van der Waals surface area (Å²) < 4.78 is 40.8. The lowest BCUT2D eigenvalue weighted by atomic mass is 10.1. The van der Waals surface area contributed by atoms with Crippen molar-refractivity contribution in [3.05, 3.63) is 48.0 Å². The van der Waals surface area contributed by atoms with Crippen molar-refractivity contribution in [2.24, 2.45) is 10.1 Å². The lowest BCUT2D eigenvalue weighted by Gasteiger charge is -2.14. The Kier molecular flexibility index (Phi) is 5.55. The topological polar surface area (TPSA) is 104 Å². The minimum absolute atomic E-state index is 0.0773. The van der Waals surface area contributed by atoms with Gasteiger partial charge in [-0.2, -0.15) is 18.3 Å². The van der Waals surface area contributed by atoms with E-state index in [9.17, 15) is 18.3 Å². The summed E-state index contributed by atoms with van der Waals surface area (Å²) in [6, 6.07) is 10.7. The van der Waals surface area contributed by atoms with Crippen LogP contribution in [0, 0.1) is 12.3 Å². The molecule has 4 N–H and O–H groups in total. The van der Waals surface area contributed by atoms with Crippen molar-refractivity contribution in [2.45, 2.75) is 13.1 Å². The first-order valence-corrected chi connectivity index (χ1v) is 8.59. The van der Waals surface area contributed by atoms with Gasteiger partial charge in [-0.1, -0.05) is 18.2 Å². The van der Waals surface area contributed by atoms with E-state index in [1.54, 1.807) is 25.1 Å². The Morgan fingerprint density at radius 3 is 2.52 bits per heavy atom. The van der Waals surface area contributed by atoms with Crippen LogP contribution in [0.25, 0.3) is 0 Å². The maximum atomic E-state index is 13.6. The monoisotopic (exact) mass is 405 g/mol. The number of hydrazone groups is 1. The third-order valence-corrected chi connectivity index (χ3v) is 4.10. The predicted molar refractivity (Wildman–Crippen MR) is 106 cm³/mol. The van der Waals surface area contributed by atoms with E-state index in [1.165, 1.54) is 24.3 Å². The standard InChI is InChI=1S/C19H18F3N5O2/c1-11-9-14(13(10-15(11)29)24-7-8-28)25-16-17(19(20,21)22)26-27(18(16)23)12-5-3-2-4-6-12/h2-6,9-10,23-24,28-29H,7-8H2,1H3. The number of nitrogens with zero attached hydrogens (tertiary/aromatic N) is 3. The third kappa shape index (κ3) is 4.21. The molecule has 0 radical (unpaired) electrons. The number of anilines is 2. The molecule has 7 nitrogen and oxygen atoms in total. The number of alkyl halides is 3. The van der Waals surface area contributed by atoms with Crippen molar-refractivity contribution in [2.75, 3.05) is 23.5 Å². The first-order valence-electron chi connectivity index (χ1n) is 8.59. The number of hydrogen-bond donors (Lipinski definition) is 4. The number of halogens is 3. The van der Waals surface area contributed by atoms with Crippen molar-refractivity contribution < 1.29 is 23.4 Å². The summed E-state index contributed by atoms with van der Waals surface area (Å²) in [5.74, 6) is -0.603. The zero-order chi connectivity index (χ0) is 21.2. The van der Waals surface area contributed by atoms with E-state index >= 15 is 0 Å².